The molecule has 7 nitrogen and oxygen atoms in total. The van der Waals surface area contributed by atoms with Gasteiger partial charge in [-0.3, -0.25) is 19.2 Å². The van der Waals surface area contributed by atoms with Crippen molar-refractivity contribution in [1.82, 2.24) is 15.2 Å². The van der Waals surface area contributed by atoms with E-state index in [-0.39, 0.29) is 47.6 Å². The molecule has 3 aliphatic rings. The third kappa shape index (κ3) is 4.68. The van der Waals surface area contributed by atoms with Crippen LogP contribution in [0.3, 0.4) is 0 Å². The van der Waals surface area contributed by atoms with Gasteiger partial charge in [0, 0.05) is 41.2 Å². The van der Waals surface area contributed by atoms with Crippen LogP contribution in [0, 0.1) is 17.8 Å². The van der Waals surface area contributed by atoms with E-state index in [9.17, 15) is 19.2 Å². The van der Waals surface area contributed by atoms with Crippen molar-refractivity contribution in [2.75, 3.05) is 6.54 Å². The Morgan fingerprint density at radius 2 is 1.94 bits per heavy atom. The molecule has 9 heteroatoms. The molecule has 2 saturated carbocycles. The van der Waals surface area contributed by atoms with Crippen LogP contribution in [0.4, 0.5) is 0 Å². The van der Waals surface area contributed by atoms with Crippen molar-refractivity contribution in [2.45, 2.75) is 70.4 Å². The van der Waals surface area contributed by atoms with Crippen LogP contribution in [-0.2, 0) is 14.4 Å². The Kier molecular flexibility index (Phi) is 7.14. The molecule has 5 rings (SSSR count). The predicted molar refractivity (Wildman–Crippen MR) is 138 cm³/mol. The smallest absolute Gasteiger partial charge is 0.271 e. The van der Waals surface area contributed by atoms with Gasteiger partial charge in [0.05, 0.1) is 11.1 Å². The number of amides is 2. The molecule has 1 aromatic heterocycles. The molecule has 2 aliphatic carbocycles. The lowest BCUT2D eigenvalue weighted by Gasteiger charge is -2.29. The molecular weight excluding hydrogens is 501 g/mol. The van der Waals surface area contributed by atoms with E-state index >= 15 is 0 Å². The third-order valence-corrected chi connectivity index (χ3v) is 8.84. The van der Waals surface area contributed by atoms with Crippen molar-refractivity contribution >= 4 is 57.5 Å². The minimum Gasteiger partial charge on any atom is -0.350 e. The molecule has 2 aromatic rings. The van der Waals surface area contributed by atoms with Crippen LogP contribution in [0.2, 0.25) is 10.0 Å². The third-order valence-electron chi connectivity index (χ3n) is 8.31. The van der Waals surface area contributed by atoms with E-state index in [0.717, 1.165) is 32.1 Å². The molecule has 2 heterocycles. The van der Waals surface area contributed by atoms with Crippen molar-refractivity contribution < 1.29 is 19.2 Å². The van der Waals surface area contributed by atoms with Crippen molar-refractivity contribution in [3.8, 4) is 0 Å². The first-order chi connectivity index (χ1) is 17.3. The van der Waals surface area contributed by atoms with Gasteiger partial charge in [0.2, 0.25) is 5.91 Å². The topological polar surface area (TPSA) is 99.3 Å². The molecule has 0 radical (unpaired) electrons. The second-order valence-corrected chi connectivity index (χ2v) is 11.3. The Morgan fingerprint density at radius 3 is 2.67 bits per heavy atom. The standard InChI is InChI=1S/C27H31Cl2N3O4/c1-2-23(33)21(9-14-5-4-8-24(14)34)31-26(35)25-17-7-3-6-15(17)13-32(25)27(36)22-12-18-19(29)10-16(28)11-20(18)30-22/h10-12,14-15,17,21,25,30H,2-9,13H2,1H3,(H,31,35). The number of H-pyrrole nitrogens is 1. The number of ketones is 2. The Labute approximate surface area is 220 Å². The number of nitrogens with zero attached hydrogens (tertiary/aromatic N) is 1. The summed E-state index contributed by atoms with van der Waals surface area (Å²) in [6.45, 7) is 2.27. The highest BCUT2D eigenvalue weighted by Gasteiger charge is 2.50. The van der Waals surface area contributed by atoms with Gasteiger partial charge in [0.15, 0.2) is 5.78 Å². The minimum absolute atomic E-state index is 0.0573. The summed E-state index contributed by atoms with van der Waals surface area (Å²) in [6.07, 6.45) is 5.62. The fourth-order valence-corrected chi connectivity index (χ4v) is 7.02. The summed E-state index contributed by atoms with van der Waals surface area (Å²) in [7, 11) is 0. The number of carbonyl (C=O) groups excluding carboxylic acids is 4. The number of carbonyl (C=O) groups is 4. The molecule has 5 atom stereocenters. The van der Waals surface area contributed by atoms with Crippen molar-refractivity contribution in [3.05, 3.63) is 33.9 Å². The average Bonchev–Trinajstić information content (AvgIpc) is 3.61. The van der Waals surface area contributed by atoms with Gasteiger partial charge in [-0.2, -0.15) is 0 Å². The normalized spacial score (nSPS) is 26.4. The number of rotatable bonds is 7. The number of nitrogens with one attached hydrogen (secondary N) is 2. The van der Waals surface area contributed by atoms with Crippen molar-refractivity contribution in [2.24, 2.45) is 17.8 Å². The summed E-state index contributed by atoms with van der Waals surface area (Å²) in [6, 6.07) is 3.69. The first kappa shape index (κ1) is 25.3. The van der Waals surface area contributed by atoms with Gasteiger partial charge in [-0.15, -0.1) is 0 Å². The number of hydrogen-bond donors (Lipinski definition) is 2. The molecule has 5 unspecified atom stereocenters. The van der Waals surface area contributed by atoms with E-state index in [1.54, 1.807) is 30.0 Å². The number of hydrogen-bond acceptors (Lipinski definition) is 4. The van der Waals surface area contributed by atoms with Crippen LogP contribution in [-0.4, -0.2) is 51.9 Å². The highest BCUT2D eigenvalue weighted by Crippen LogP contribution is 2.43. The van der Waals surface area contributed by atoms with Crippen LogP contribution in [0.5, 0.6) is 0 Å². The van der Waals surface area contributed by atoms with Crippen LogP contribution >= 0.6 is 23.2 Å². The van der Waals surface area contributed by atoms with E-state index in [4.69, 9.17) is 23.2 Å². The summed E-state index contributed by atoms with van der Waals surface area (Å²) < 4.78 is 0. The average molecular weight is 532 g/mol. The molecule has 3 fully saturated rings. The maximum Gasteiger partial charge on any atom is 0.271 e. The maximum atomic E-state index is 13.7. The number of halogens is 2. The van der Waals surface area contributed by atoms with Gasteiger partial charge in [-0.25, -0.2) is 0 Å². The van der Waals surface area contributed by atoms with E-state index in [1.165, 1.54) is 0 Å². The minimum atomic E-state index is -0.707. The lowest BCUT2D eigenvalue weighted by Crippen LogP contribution is -2.53. The zero-order valence-electron chi connectivity index (χ0n) is 20.3. The number of Topliss-reactive ketones (excluding diaryl/α,β-unsaturated/α-hetero) is 2. The quantitative estimate of drug-likeness (QED) is 0.528. The zero-order valence-corrected chi connectivity index (χ0v) is 21.8. The number of aromatic nitrogens is 1. The lowest BCUT2D eigenvalue weighted by molar-refractivity contribution is -0.131. The van der Waals surface area contributed by atoms with Crippen LogP contribution in [0.25, 0.3) is 10.9 Å². The van der Waals surface area contributed by atoms with Crippen LogP contribution in [0.15, 0.2) is 18.2 Å². The highest BCUT2D eigenvalue weighted by atomic mass is 35.5. The summed E-state index contributed by atoms with van der Waals surface area (Å²) in [5.41, 5.74) is 1.01. The van der Waals surface area contributed by atoms with Gasteiger partial charge >= 0.3 is 0 Å². The van der Waals surface area contributed by atoms with Crippen LogP contribution in [0.1, 0.15) is 68.8 Å². The molecular formula is C27H31Cl2N3O4. The number of aromatic amines is 1. The van der Waals surface area contributed by atoms with Gasteiger partial charge in [0.25, 0.3) is 5.91 Å². The first-order valence-corrected chi connectivity index (χ1v) is 13.7. The van der Waals surface area contributed by atoms with Crippen LogP contribution < -0.4 is 5.32 Å². The summed E-state index contributed by atoms with van der Waals surface area (Å²) >= 11 is 12.5. The molecule has 192 valence electrons. The molecule has 2 N–H and O–H groups in total. The van der Waals surface area contributed by atoms with Gasteiger partial charge in [-0.05, 0) is 62.1 Å². The van der Waals surface area contributed by atoms with Gasteiger partial charge in [-0.1, -0.05) is 36.5 Å². The number of likely N-dealkylation sites (tertiary alicyclic amines) is 1. The fraction of sp³-hybridized carbons (Fsp3) is 0.556. The van der Waals surface area contributed by atoms with E-state index in [0.29, 0.717) is 46.0 Å². The molecule has 2 amide bonds. The number of benzene rings is 1. The summed E-state index contributed by atoms with van der Waals surface area (Å²) in [4.78, 5) is 57.1. The van der Waals surface area contributed by atoms with Crippen molar-refractivity contribution in [3.63, 3.8) is 0 Å². The largest absolute Gasteiger partial charge is 0.350 e. The predicted octanol–water partition coefficient (Wildman–Crippen LogP) is 4.94. The zero-order chi connectivity index (χ0) is 25.6. The Hall–Kier alpha value is -2.38. The second-order valence-electron chi connectivity index (χ2n) is 10.5. The van der Waals surface area contributed by atoms with Crippen molar-refractivity contribution in [1.29, 1.82) is 0 Å². The Morgan fingerprint density at radius 1 is 1.14 bits per heavy atom. The SMILES string of the molecule is CCC(=O)C(CC1CCCC1=O)NC(=O)C1C2CCCC2CN1C(=O)c1cc2c(Cl)cc(Cl)cc2[nH]1. The molecule has 1 aliphatic heterocycles. The Balaban J connectivity index is 1.40. The fourth-order valence-electron chi connectivity index (χ4n) is 6.48. The molecule has 1 saturated heterocycles. The van der Waals surface area contributed by atoms with Gasteiger partial charge in [0.1, 0.15) is 17.5 Å². The monoisotopic (exact) mass is 531 g/mol. The first-order valence-electron chi connectivity index (χ1n) is 12.9. The van der Waals surface area contributed by atoms with E-state index in [2.05, 4.69) is 10.3 Å². The van der Waals surface area contributed by atoms with Gasteiger partial charge < -0.3 is 15.2 Å². The molecule has 0 bridgehead atoms. The summed E-state index contributed by atoms with van der Waals surface area (Å²) in [5.74, 6) is -0.349. The molecule has 0 spiro atoms. The van der Waals surface area contributed by atoms with E-state index in [1.807, 2.05) is 0 Å². The lowest BCUT2D eigenvalue weighted by atomic mass is 9.91. The molecule has 36 heavy (non-hydrogen) atoms. The second kappa shape index (κ2) is 10.2. The maximum absolute atomic E-state index is 13.7. The number of fused-ring (bicyclic) bond motifs is 2. The Bertz CT molecular complexity index is 1230. The van der Waals surface area contributed by atoms with E-state index < -0.39 is 12.1 Å². The highest BCUT2D eigenvalue weighted by molar-refractivity contribution is 6.38. The summed E-state index contributed by atoms with van der Waals surface area (Å²) in [5, 5.41) is 4.57. The molecule has 1 aromatic carbocycles.